The number of likely N-dealkylation sites (N-methyl/N-ethyl adjacent to an activating group) is 2. The van der Waals surface area contributed by atoms with Crippen LogP contribution >= 0.6 is 0 Å². The van der Waals surface area contributed by atoms with Crippen molar-refractivity contribution in [2.45, 2.75) is 19.9 Å². The van der Waals surface area contributed by atoms with Crippen LogP contribution in [0.5, 0.6) is 0 Å². The Morgan fingerprint density at radius 3 is 2.43 bits per heavy atom. The fourth-order valence-electron chi connectivity index (χ4n) is 2.64. The van der Waals surface area contributed by atoms with Crippen LogP contribution in [0.3, 0.4) is 0 Å². The molecule has 1 unspecified atom stereocenters. The zero-order valence-electron chi connectivity index (χ0n) is 12.9. The van der Waals surface area contributed by atoms with Crippen molar-refractivity contribution in [3.8, 4) is 0 Å². The van der Waals surface area contributed by atoms with E-state index in [4.69, 9.17) is 0 Å². The van der Waals surface area contributed by atoms with Crippen molar-refractivity contribution in [2.75, 3.05) is 25.0 Å². The number of anilines is 1. The van der Waals surface area contributed by atoms with Crippen LogP contribution in [0, 0.1) is 12.7 Å². The maximum absolute atomic E-state index is 14.0. The first-order valence-corrected chi connectivity index (χ1v) is 7.38. The summed E-state index contributed by atoms with van der Waals surface area (Å²) in [5.41, 5.74) is 3.13. The van der Waals surface area contributed by atoms with E-state index in [1.807, 2.05) is 38.2 Å². The van der Waals surface area contributed by atoms with Gasteiger partial charge in [-0.3, -0.25) is 0 Å². The Kier molecular flexibility index (Phi) is 5.34. The lowest BCUT2D eigenvalue weighted by atomic mass is 10.0. The molecule has 0 amide bonds. The first-order chi connectivity index (χ1) is 10.1. The summed E-state index contributed by atoms with van der Waals surface area (Å²) < 4.78 is 14.0. The van der Waals surface area contributed by atoms with Crippen LogP contribution in [0.2, 0.25) is 0 Å². The van der Waals surface area contributed by atoms with Crippen LogP contribution in [-0.2, 0) is 0 Å². The molecule has 1 N–H and O–H groups in total. The van der Waals surface area contributed by atoms with Crippen molar-refractivity contribution in [3.63, 3.8) is 0 Å². The number of hydrogen-bond donors (Lipinski definition) is 1. The number of hydrogen-bond acceptors (Lipinski definition) is 2. The van der Waals surface area contributed by atoms with E-state index in [9.17, 15) is 4.39 Å². The molecule has 0 aliphatic rings. The van der Waals surface area contributed by atoms with Gasteiger partial charge >= 0.3 is 0 Å². The van der Waals surface area contributed by atoms with Gasteiger partial charge in [0.2, 0.25) is 0 Å². The van der Waals surface area contributed by atoms with E-state index >= 15 is 0 Å². The Hall–Kier alpha value is -1.87. The number of nitrogens with zero attached hydrogens (tertiary/aromatic N) is 1. The predicted octanol–water partition coefficient (Wildman–Crippen LogP) is 3.92. The summed E-state index contributed by atoms with van der Waals surface area (Å²) >= 11 is 0. The molecule has 0 saturated heterocycles. The Morgan fingerprint density at radius 2 is 1.76 bits per heavy atom. The largest absolute Gasteiger partial charge is 0.372 e. The average molecular weight is 286 g/mol. The van der Waals surface area contributed by atoms with Gasteiger partial charge in [-0.25, -0.2) is 4.39 Å². The number of aryl methyl sites for hydroxylation is 1. The highest BCUT2D eigenvalue weighted by Gasteiger charge is 2.17. The van der Waals surface area contributed by atoms with Crippen LogP contribution in [0.4, 0.5) is 10.1 Å². The molecule has 0 aliphatic carbocycles. The maximum Gasteiger partial charge on any atom is 0.128 e. The standard InChI is InChI=1S/C18H23FN2/c1-4-20-17(15-10-6-7-11-16(15)19)13-21(3)18-12-8-5-9-14(18)2/h5-12,17,20H,4,13H2,1-3H3. The predicted molar refractivity (Wildman–Crippen MR) is 87.3 cm³/mol. The van der Waals surface area contributed by atoms with Crippen LogP contribution in [0.25, 0.3) is 0 Å². The SMILES string of the molecule is CCNC(CN(C)c1ccccc1C)c1ccccc1F. The molecule has 0 aromatic heterocycles. The molecule has 0 bridgehead atoms. The first-order valence-electron chi connectivity index (χ1n) is 7.38. The van der Waals surface area contributed by atoms with E-state index in [1.54, 1.807) is 6.07 Å². The second-order valence-corrected chi connectivity index (χ2v) is 5.30. The molecule has 0 heterocycles. The van der Waals surface area contributed by atoms with Gasteiger partial charge in [-0.1, -0.05) is 43.3 Å². The number of halogens is 1. The smallest absolute Gasteiger partial charge is 0.128 e. The molecular formula is C18H23FN2. The van der Waals surface area contributed by atoms with Crippen molar-refractivity contribution in [3.05, 3.63) is 65.5 Å². The number of benzene rings is 2. The molecular weight excluding hydrogens is 263 g/mol. The first kappa shape index (κ1) is 15.5. The zero-order chi connectivity index (χ0) is 15.2. The summed E-state index contributed by atoms with van der Waals surface area (Å²) in [6.45, 7) is 5.67. The lowest BCUT2D eigenvalue weighted by molar-refractivity contribution is 0.511. The van der Waals surface area contributed by atoms with Crippen molar-refractivity contribution in [1.29, 1.82) is 0 Å². The lowest BCUT2D eigenvalue weighted by Crippen LogP contribution is -2.33. The monoisotopic (exact) mass is 286 g/mol. The molecule has 2 nitrogen and oxygen atoms in total. The Morgan fingerprint density at radius 1 is 1.10 bits per heavy atom. The minimum absolute atomic E-state index is 0.0270. The summed E-state index contributed by atoms with van der Waals surface area (Å²) in [5, 5.41) is 3.38. The van der Waals surface area contributed by atoms with Gasteiger partial charge in [0.15, 0.2) is 0 Å². The van der Waals surface area contributed by atoms with Gasteiger partial charge in [0.25, 0.3) is 0 Å². The minimum Gasteiger partial charge on any atom is -0.372 e. The van der Waals surface area contributed by atoms with E-state index in [1.165, 1.54) is 17.3 Å². The molecule has 2 aromatic rings. The summed E-state index contributed by atoms with van der Waals surface area (Å²) in [4.78, 5) is 2.18. The fourth-order valence-corrected chi connectivity index (χ4v) is 2.64. The minimum atomic E-state index is -0.151. The van der Waals surface area contributed by atoms with Gasteiger partial charge in [0.1, 0.15) is 5.82 Å². The molecule has 0 saturated carbocycles. The van der Waals surface area contributed by atoms with E-state index < -0.39 is 0 Å². The third-order valence-corrected chi connectivity index (χ3v) is 3.71. The third-order valence-electron chi connectivity index (χ3n) is 3.71. The topological polar surface area (TPSA) is 15.3 Å². The van der Waals surface area contributed by atoms with E-state index in [-0.39, 0.29) is 11.9 Å². The van der Waals surface area contributed by atoms with Gasteiger partial charge in [-0.2, -0.15) is 0 Å². The zero-order valence-corrected chi connectivity index (χ0v) is 12.9. The summed E-state index contributed by atoms with van der Waals surface area (Å²) in [6, 6.07) is 15.2. The van der Waals surface area contributed by atoms with Crippen molar-refractivity contribution in [2.24, 2.45) is 0 Å². The number of para-hydroxylation sites is 1. The van der Waals surface area contributed by atoms with Gasteiger partial charge in [0.05, 0.1) is 6.04 Å². The molecule has 0 fully saturated rings. The summed E-state index contributed by atoms with van der Waals surface area (Å²) in [7, 11) is 2.05. The summed E-state index contributed by atoms with van der Waals surface area (Å²) in [5.74, 6) is -0.151. The maximum atomic E-state index is 14.0. The van der Waals surface area contributed by atoms with E-state index in [0.717, 1.165) is 18.7 Å². The molecule has 0 spiro atoms. The van der Waals surface area contributed by atoms with Crippen molar-refractivity contribution < 1.29 is 4.39 Å². The van der Waals surface area contributed by atoms with Crippen molar-refractivity contribution >= 4 is 5.69 Å². The highest BCUT2D eigenvalue weighted by Crippen LogP contribution is 2.23. The Balaban J connectivity index is 2.21. The van der Waals surface area contributed by atoms with E-state index in [0.29, 0.717) is 0 Å². The van der Waals surface area contributed by atoms with Crippen LogP contribution in [0.15, 0.2) is 48.5 Å². The highest BCUT2D eigenvalue weighted by atomic mass is 19.1. The molecule has 1 atom stereocenters. The van der Waals surface area contributed by atoms with Crippen LogP contribution in [-0.4, -0.2) is 20.1 Å². The van der Waals surface area contributed by atoms with Gasteiger partial charge in [-0.15, -0.1) is 0 Å². The second-order valence-electron chi connectivity index (χ2n) is 5.30. The number of rotatable bonds is 6. The highest BCUT2D eigenvalue weighted by molar-refractivity contribution is 5.52. The molecule has 112 valence electrons. The van der Waals surface area contributed by atoms with Gasteiger partial charge in [0, 0.05) is 24.8 Å². The number of nitrogens with one attached hydrogen (secondary N) is 1. The average Bonchev–Trinajstić information content (AvgIpc) is 2.47. The fraction of sp³-hybridized carbons (Fsp3) is 0.333. The third kappa shape index (κ3) is 3.82. The molecule has 2 aromatic carbocycles. The molecule has 2 rings (SSSR count). The van der Waals surface area contributed by atoms with Crippen LogP contribution < -0.4 is 10.2 Å². The molecule has 21 heavy (non-hydrogen) atoms. The van der Waals surface area contributed by atoms with Crippen molar-refractivity contribution in [1.82, 2.24) is 5.32 Å². The second kappa shape index (κ2) is 7.23. The molecule has 0 aliphatic heterocycles. The Labute approximate surface area is 126 Å². The quantitative estimate of drug-likeness (QED) is 0.866. The van der Waals surface area contributed by atoms with Gasteiger partial charge in [-0.05, 0) is 31.2 Å². The van der Waals surface area contributed by atoms with E-state index in [2.05, 4.69) is 29.3 Å². The molecule has 0 radical (unpaired) electrons. The molecule has 3 heteroatoms. The van der Waals surface area contributed by atoms with Gasteiger partial charge < -0.3 is 10.2 Å². The Bertz CT molecular complexity index is 583. The lowest BCUT2D eigenvalue weighted by Gasteiger charge is -2.28. The normalized spacial score (nSPS) is 12.2. The van der Waals surface area contributed by atoms with Crippen LogP contribution in [0.1, 0.15) is 24.1 Å². The summed E-state index contributed by atoms with van der Waals surface area (Å²) in [6.07, 6.45) is 0.